The van der Waals surface area contributed by atoms with Gasteiger partial charge in [0.2, 0.25) is 0 Å². The molecule has 0 spiro atoms. The minimum absolute atomic E-state index is 0.684. The Bertz CT molecular complexity index is 807. The van der Waals surface area contributed by atoms with Crippen molar-refractivity contribution in [1.82, 2.24) is 14.5 Å². The van der Waals surface area contributed by atoms with E-state index in [9.17, 15) is 0 Å². The van der Waals surface area contributed by atoms with E-state index in [2.05, 4.69) is 18.8 Å². The summed E-state index contributed by atoms with van der Waals surface area (Å²) in [6.45, 7) is 4.95. The number of pyridine rings is 1. The molecule has 2 N–H and O–H groups in total. The van der Waals surface area contributed by atoms with Crippen LogP contribution in [0.1, 0.15) is 19.7 Å². The number of halogens is 1. The number of nitrogens with zero attached hydrogens (tertiary/aromatic N) is 3. The third-order valence-electron chi connectivity index (χ3n) is 3.69. The smallest absolute Gasteiger partial charge is 0.131 e. The van der Waals surface area contributed by atoms with Crippen molar-refractivity contribution in [2.75, 3.05) is 5.73 Å². The number of fused-ring (bicyclic) bond motifs is 1. The van der Waals surface area contributed by atoms with E-state index < -0.39 is 0 Å². The molecule has 0 bridgehead atoms. The predicted octanol–water partition coefficient (Wildman–Crippen LogP) is 3.92. The molecule has 1 aromatic carbocycles. The van der Waals surface area contributed by atoms with Crippen LogP contribution in [0, 0.1) is 0 Å². The van der Waals surface area contributed by atoms with Crippen molar-refractivity contribution in [3.63, 3.8) is 0 Å². The van der Waals surface area contributed by atoms with E-state index >= 15 is 0 Å². The van der Waals surface area contributed by atoms with Gasteiger partial charge in [0.1, 0.15) is 17.3 Å². The molecule has 3 rings (SSSR count). The van der Waals surface area contributed by atoms with Crippen LogP contribution in [-0.4, -0.2) is 14.5 Å². The number of aromatic nitrogens is 3. The number of hydrogen-bond acceptors (Lipinski definition) is 3. The lowest BCUT2D eigenvalue weighted by molar-refractivity contribution is 0.713. The van der Waals surface area contributed by atoms with Crippen LogP contribution in [0.4, 0.5) is 5.82 Å². The zero-order chi connectivity index (χ0) is 15.0. The molecule has 2 aromatic heterocycles. The second kappa shape index (κ2) is 5.37. The standard InChI is InChI=1S/C16H17ClN4/c1-3-13-20-15(16(18)21(13)4-2)11-7-8-12(17)10-6-5-9-19-14(10)11/h5-9H,3-4,18H2,1-2H3. The van der Waals surface area contributed by atoms with Gasteiger partial charge in [-0.1, -0.05) is 18.5 Å². The fourth-order valence-electron chi connectivity index (χ4n) is 2.66. The molecule has 0 radical (unpaired) electrons. The van der Waals surface area contributed by atoms with Crippen LogP contribution in [0.25, 0.3) is 22.2 Å². The summed E-state index contributed by atoms with van der Waals surface area (Å²) < 4.78 is 2.04. The van der Waals surface area contributed by atoms with E-state index in [1.54, 1.807) is 6.20 Å². The summed E-state index contributed by atoms with van der Waals surface area (Å²) in [6.07, 6.45) is 2.60. The first kappa shape index (κ1) is 13.9. The molecule has 0 saturated carbocycles. The molecule has 0 aliphatic heterocycles. The average molecular weight is 301 g/mol. The lowest BCUT2D eigenvalue weighted by Crippen LogP contribution is -2.04. The Morgan fingerprint density at radius 1 is 1.24 bits per heavy atom. The lowest BCUT2D eigenvalue weighted by Gasteiger charge is -2.07. The quantitative estimate of drug-likeness (QED) is 0.797. The number of aryl methyl sites for hydroxylation is 1. The van der Waals surface area contributed by atoms with E-state index in [1.165, 1.54) is 0 Å². The fraction of sp³-hybridized carbons (Fsp3) is 0.250. The maximum Gasteiger partial charge on any atom is 0.131 e. The molecule has 2 heterocycles. The Morgan fingerprint density at radius 2 is 2.05 bits per heavy atom. The van der Waals surface area contributed by atoms with Gasteiger partial charge in [-0.25, -0.2) is 4.98 Å². The van der Waals surface area contributed by atoms with Gasteiger partial charge in [-0.3, -0.25) is 4.98 Å². The van der Waals surface area contributed by atoms with Gasteiger partial charge in [0.25, 0.3) is 0 Å². The first-order valence-corrected chi connectivity index (χ1v) is 7.43. The maximum atomic E-state index is 6.29. The molecule has 0 saturated heterocycles. The Balaban J connectivity index is 2.31. The molecule has 0 atom stereocenters. The van der Waals surface area contributed by atoms with Crippen LogP contribution in [-0.2, 0) is 13.0 Å². The van der Waals surface area contributed by atoms with Gasteiger partial charge in [0.05, 0.1) is 10.5 Å². The third-order valence-corrected chi connectivity index (χ3v) is 4.02. The van der Waals surface area contributed by atoms with Crippen molar-refractivity contribution < 1.29 is 0 Å². The molecule has 0 fully saturated rings. The van der Waals surface area contributed by atoms with Crippen molar-refractivity contribution in [2.45, 2.75) is 26.8 Å². The molecular formula is C16H17ClN4. The number of anilines is 1. The van der Waals surface area contributed by atoms with E-state index in [-0.39, 0.29) is 0 Å². The highest BCUT2D eigenvalue weighted by Gasteiger charge is 2.17. The van der Waals surface area contributed by atoms with Crippen LogP contribution in [0.5, 0.6) is 0 Å². The number of imidazole rings is 1. The summed E-state index contributed by atoms with van der Waals surface area (Å²) in [5.74, 6) is 1.67. The second-order valence-corrected chi connectivity index (χ2v) is 5.26. The summed E-state index contributed by atoms with van der Waals surface area (Å²) in [5, 5.41) is 1.60. The average Bonchev–Trinajstić information content (AvgIpc) is 2.84. The number of benzene rings is 1. The Kier molecular flexibility index (Phi) is 3.55. The van der Waals surface area contributed by atoms with Gasteiger partial charge < -0.3 is 10.3 Å². The van der Waals surface area contributed by atoms with Gasteiger partial charge >= 0.3 is 0 Å². The Morgan fingerprint density at radius 3 is 2.71 bits per heavy atom. The summed E-state index contributed by atoms with van der Waals surface area (Å²) in [7, 11) is 0. The molecule has 3 aromatic rings. The van der Waals surface area contributed by atoms with Crippen LogP contribution in [0.3, 0.4) is 0 Å². The summed E-state index contributed by atoms with van der Waals surface area (Å²) in [4.78, 5) is 9.16. The largest absolute Gasteiger partial charge is 0.383 e. The van der Waals surface area contributed by atoms with E-state index in [4.69, 9.17) is 22.3 Å². The SMILES string of the molecule is CCc1nc(-c2ccc(Cl)c3cccnc23)c(N)n1CC. The zero-order valence-corrected chi connectivity index (χ0v) is 12.9. The van der Waals surface area contributed by atoms with Crippen LogP contribution in [0.2, 0.25) is 5.02 Å². The normalized spacial score (nSPS) is 11.2. The topological polar surface area (TPSA) is 56.7 Å². The van der Waals surface area contributed by atoms with E-state index in [0.717, 1.165) is 41.0 Å². The van der Waals surface area contributed by atoms with Gasteiger partial charge in [-0.05, 0) is 31.2 Å². The molecule has 0 unspecified atom stereocenters. The highest BCUT2D eigenvalue weighted by Crippen LogP contribution is 2.34. The zero-order valence-electron chi connectivity index (χ0n) is 12.1. The molecule has 0 aliphatic carbocycles. The van der Waals surface area contributed by atoms with Gasteiger partial charge in [-0.2, -0.15) is 0 Å². The van der Waals surface area contributed by atoms with Crippen molar-refractivity contribution in [2.24, 2.45) is 0 Å². The summed E-state index contributed by atoms with van der Waals surface area (Å²) in [6, 6.07) is 7.65. The number of rotatable bonds is 3. The Hall–Kier alpha value is -2.07. The molecular weight excluding hydrogens is 284 g/mol. The minimum atomic E-state index is 0.684. The second-order valence-electron chi connectivity index (χ2n) is 4.85. The molecule has 5 heteroatoms. The minimum Gasteiger partial charge on any atom is -0.383 e. The predicted molar refractivity (Wildman–Crippen MR) is 87.4 cm³/mol. The highest BCUT2D eigenvalue weighted by atomic mass is 35.5. The maximum absolute atomic E-state index is 6.29. The lowest BCUT2D eigenvalue weighted by atomic mass is 10.1. The molecule has 21 heavy (non-hydrogen) atoms. The van der Waals surface area contributed by atoms with Gasteiger partial charge in [-0.15, -0.1) is 0 Å². The van der Waals surface area contributed by atoms with Crippen LogP contribution >= 0.6 is 11.6 Å². The fourth-order valence-corrected chi connectivity index (χ4v) is 2.88. The first-order chi connectivity index (χ1) is 10.2. The highest BCUT2D eigenvalue weighted by molar-refractivity contribution is 6.35. The van der Waals surface area contributed by atoms with Crippen molar-refractivity contribution in [3.8, 4) is 11.3 Å². The molecule has 108 valence electrons. The summed E-state index contributed by atoms with van der Waals surface area (Å²) in [5.41, 5.74) is 8.84. The van der Waals surface area contributed by atoms with Crippen LogP contribution < -0.4 is 5.73 Å². The molecule has 0 aliphatic rings. The third kappa shape index (κ3) is 2.16. The van der Waals surface area contributed by atoms with Crippen LogP contribution in [0.15, 0.2) is 30.5 Å². The van der Waals surface area contributed by atoms with E-state index in [1.807, 2.05) is 28.8 Å². The Labute approximate surface area is 128 Å². The molecule has 4 nitrogen and oxygen atoms in total. The number of nitrogen functional groups attached to an aromatic ring is 1. The van der Waals surface area contributed by atoms with Crippen molar-refractivity contribution in [3.05, 3.63) is 41.3 Å². The van der Waals surface area contributed by atoms with E-state index in [0.29, 0.717) is 10.8 Å². The first-order valence-electron chi connectivity index (χ1n) is 7.05. The number of hydrogen-bond donors (Lipinski definition) is 1. The monoisotopic (exact) mass is 300 g/mol. The van der Waals surface area contributed by atoms with Gasteiger partial charge in [0, 0.05) is 30.1 Å². The van der Waals surface area contributed by atoms with Crippen molar-refractivity contribution >= 4 is 28.3 Å². The number of nitrogens with two attached hydrogens (primary N) is 1. The van der Waals surface area contributed by atoms with Crippen molar-refractivity contribution in [1.29, 1.82) is 0 Å². The van der Waals surface area contributed by atoms with Gasteiger partial charge in [0.15, 0.2) is 0 Å². The molecule has 0 amide bonds. The summed E-state index contributed by atoms with van der Waals surface area (Å²) >= 11 is 6.25.